The first-order valence-electron chi connectivity index (χ1n) is 4.99. The highest BCUT2D eigenvalue weighted by Gasteiger charge is 2.23. The van der Waals surface area contributed by atoms with Crippen molar-refractivity contribution < 1.29 is 19.7 Å². The van der Waals surface area contributed by atoms with E-state index in [2.05, 4.69) is 0 Å². The lowest BCUT2D eigenvalue weighted by molar-refractivity contribution is 0.0517. The average Bonchev–Trinajstić information content (AvgIpc) is 2.43. The highest BCUT2D eigenvalue weighted by atomic mass is 16.5. The third-order valence-electron chi connectivity index (χ3n) is 2.39. The molecule has 0 aliphatic heterocycles. The number of nitrogens with two attached hydrogens (primary N) is 1. The van der Waals surface area contributed by atoms with Gasteiger partial charge in [-0.05, 0) is 17.7 Å². The maximum atomic E-state index is 11.6. The van der Waals surface area contributed by atoms with E-state index in [1.807, 2.05) is 5.43 Å². The van der Waals surface area contributed by atoms with Crippen molar-refractivity contribution in [3.63, 3.8) is 0 Å². The van der Waals surface area contributed by atoms with Crippen LogP contribution in [0.4, 0.5) is 0 Å². The van der Waals surface area contributed by atoms with Crippen LogP contribution < -0.4 is 16.0 Å². The van der Waals surface area contributed by atoms with Gasteiger partial charge in [0.2, 0.25) is 0 Å². The Hall–Kier alpha value is -2.14. The largest absolute Gasteiger partial charge is 0.497 e. The van der Waals surface area contributed by atoms with Crippen LogP contribution in [-0.2, 0) is 0 Å². The van der Waals surface area contributed by atoms with E-state index in [1.54, 1.807) is 0 Å². The Morgan fingerprint density at radius 2 is 2.22 bits per heavy atom. The molecule has 1 aromatic rings. The van der Waals surface area contributed by atoms with Gasteiger partial charge in [-0.3, -0.25) is 10.2 Å². The molecule has 1 amide bonds. The Bertz CT molecular complexity index is 484. The number of aliphatic hydroxyl groups is 2. The number of nitrogens with zero attached hydrogens (tertiary/aromatic N) is 1. The number of hydrazine groups is 1. The highest BCUT2D eigenvalue weighted by molar-refractivity contribution is 5.95. The summed E-state index contributed by atoms with van der Waals surface area (Å²) in [6, 6.07) is 5.72. The fourth-order valence-corrected chi connectivity index (χ4v) is 1.44. The van der Waals surface area contributed by atoms with Crippen LogP contribution in [0.1, 0.15) is 22.0 Å². The quantitative estimate of drug-likeness (QED) is 0.240. The van der Waals surface area contributed by atoms with Crippen molar-refractivity contribution in [1.29, 1.82) is 5.26 Å². The highest BCUT2D eigenvalue weighted by Crippen LogP contribution is 2.25. The summed E-state index contributed by atoms with van der Waals surface area (Å²) in [5.74, 6) is 4.75. The van der Waals surface area contributed by atoms with Crippen LogP contribution in [0.25, 0.3) is 0 Å². The van der Waals surface area contributed by atoms with Crippen molar-refractivity contribution >= 4 is 5.91 Å². The molecule has 2 unspecified atom stereocenters. The van der Waals surface area contributed by atoms with E-state index >= 15 is 0 Å². The second-order valence-corrected chi connectivity index (χ2v) is 3.45. The second-order valence-electron chi connectivity index (χ2n) is 3.45. The minimum absolute atomic E-state index is 0.0265. The molecule has 0 spiro atoms. The number of ether oxygens (including phenoxy) is 1. The molecule has 5 N–H and O–H groups in total. The zero-order valence-corrected chi connectivity index (χ0v) is 9.62. The Kier molecular flexibility index (Phi) is 4.62. The molecule has 7 heteroatoms. The van der Waals surface area contributed by atoms with Crippen molar-refractivity contribution in [2.24, 2.45) is 5.84 Å². The van der Waals surface area contributed by atoms with Crippen LogP contribution in [0.2, 0.25) is 0 Å². The first kappa shape index (κ1) is 13.9. The number of nitrogen functional groups attached to an aromatic ring is 1. The van der Waals surface area contributed by atoms with Gasteiger partial charge < -0.3 is 14.9 Å². The molecule has 0 saturated carbocycles. The van der Waals surface area contributed by atoms with Gasteiger partial charge in [-0.2, -0.15) is 5.26 Å². The van der Waals surface area contributed by atoms with Gasteiger partial charge in [-0.1, -0.05) is 6.07 Å². The molecular formula is C11H13N3O4. The molecule has 96 valence electrons. The minimum atomic E-state index is -1.64. The van der Waals surface area contributed by atoms with Gasteiger partial charge in [0.05, 0.1) is 18.7 Å². The molecule has 2 atom stereocenters. The molecule has 0 heterocycles. The van der Waals surface area contributed by atoms with Crippen LogP contribution in [-0.4, -0.2) is 29.3 Å². The van der Waals surface area contributed by atoms with Gasteiger partial charge in [-0.25, -0.2) is 5.84 Å². The van der Waals surface area contributed by atoms with Gasteiger partial charge in [0.25, 0.3) is 5.91 Å². The lowest BCUT2D eigenvalue weighted by atomic mass is 9.98. The van der Waals surface area contributed by atoms with Crippen LogP contribution in [0.5, 0.6) is 5.75 Å². The van der Waals surface area contributed by atoms with Crippen LogP contribution in [0, 0.1) is 11.3 Å². The predicted octanol–water partition coefficient (Wildman–Crippen LogP) is -0.783. The number of carbonyl (C=O) groups excluding carboxylic acids is 1. The lowest BCUT2D eigenvalue weighted by Crippen LogP contribution is -2.32. The van der Waals surface area contributed by atoms with Crippen LogP contribution >= 0.6 is 0 Å². The number of rotatable bonds is 4. The number of hydrogen-bond donors (Lipinski definition) is 4. The molecule has 1 rings (SSSR count). The summed E-state index contributed by atoms with van der Waals surface area (Å²) in [6.07, 6.45) is -3.14. The lowest BCUT2D eigenvalue weighted by Gasteiger charge is -2.16. The van der Waals surface area contributed by atoms with Gasteiger partial charge in [0.1, 0.15) is 11.9 Å². The maximum Gasteiger partial charge on any atom is 0.265 e. The first-order valence-corrected chi connectivity index (χ1v) is 4.99. The Labute approximate surface area is 103 Å². The molecule has 0 bridgehead atoms. The fraction of sp³-hybridized carbons (Fsp3) is 0.273. The molecule has 7 nitrogen and oxygen atoms in total. The van der Waals surface area contributed by atoms with E-state index in [0.717, 1.165) is 0 Å². The number of methoxy groups -OCH3 is 1. The average molecular weight is 251 g/mol. The Morgan fingerprint density at radius 1 is 1.56 bits per heavy atom. The maximum absolute atomic E-state index is 11.6. The van der Waals surface area contributed by atoms with Crippen molar-refractivity contribution in [1.82, 2.24) is 5.43 Å². The fourth-order valence-electron chi connectivity index (χ4n) is 1.44. The molecule has 1 aromatic carbocycles. The number of nitriles is 1. The van der Waals surface area contributed by atoms with Crippen molar-refractivity contribution in [2.75, 3.05) is 7.11 Å². The third kappa shape index (κ3) is 2.75. The molecule has 0 aromatic heterocycles. The van der Waals surface area contributed by atoms with Crippen molar-refractivity contribution in [3.8, 4) is 11.8 Å². The zero-order valence-electron chi connectivity index (χ0n) is 9.62. The summed E-state index contributed by atoms with van der Waals surface area (Å²) < 4.78 is 4.94. The van der Waals surface area contributed by atoms with E-state index in [1.165, 1.54) is 31.4 Å². The van der Waals surface area contributed by atoms with E-state index in [9.17, 15) is 15.0 Å². The molecule has 0 aliphatic carbocycles. The second kappa shape index (κ2) is 5.97. The topological polar surface area (TPSA) is 129 Å². The summed E-state index contributed by atoms with van der Waals surface area (Å²) >= 11 is 0. The number of carbonyl (C=O) groups is 1. The zero-order chi connectivity index (χ0) is 13.7. The minimum Gasteiger partial charge on any atom is -0.497 e. The summed E-state index contributed by atoms with van der Waals surface area (Å²) in [5.41, 5.74) is 2.03. The molecule has 18 heavy (non-hydrogen) atoms. The summed E-state index contributed by atoms with van der Waals surface area (Å²) in [6.45, 7) is 0. The number of nitrogens with one attached hydrogen (secondary N) is 1. The van der Waals surface area contributed by atoms with Crippen LogP contribution in [0.15, 0.2) is 18.2 Å². The molecule has 0 fully saturated rings. The van der Waals surface area contributed by atoms with E-state index < -0.39 is 18.1 Å². The van der Waals surface area contributed by atoms with Crippen molar-refractivity contribution in [2.45, 2.75) is 12.2 Å². The molecular weight excluding hydrogens is 238 g/mol. The van der Waals surface area contributed by atoms with Gasteiger partial charge in [-0.15, -0.1) is 0 Å². The number of aliphatic hydroxyl groups excluding tert-OH is 2. The predicted molar refractivity (Wildman–Crippen MR) is 61.2 cm³/mol. The van der Waals surface area contributed by atoms with Gasteiger partial charge in [0.15, 0.2) is 6.10 Å². The van der Waals surface area contributed by atoms with E-state index in [-0.39, 0.29) is 11.1 Å². The smallest absolute Gasteiger partial charge is 0.265 e. The van der Waals surface area contributed by atoms with Gasteiger partial charge in [0, 0.05) is 0 Å². The summed E-state index contributed by atoms with van der Waals surface area (Å²) in [4.78, 5) is 11.6. The Balaban J connectivity index is 3.26. The third-order valence-corrected chi connectivity index (χ3v) is 2.39. The number of amides is 1. The SMILES string of the molecule is COc1ccc(C(O)C(O)C#N)c(C(=O)NN)c1. The van der Waals surface area contributed by atoms with Crippen LogP contribution in [0.3, 0.4) is 0 Å². The molecule has 0 saturated heterocycles. The molecule has 0 radical (unpaired) electrons. The van der Waals surface area contributed by atoms with Crippen molar-refractivity contribution in [3.05, 3.63) is 29.3 Å². The normalized spacial score (nSPS) is 13.3. The Morgan fingerprint density at radius 3 is 2.72 bits per heavy atom. The summed E-state index contributed by atoms with van der Waals surface area (Å²) in [7, 11) is 1.42. The standard InChI is InChI=1S/C11H13N3O4/c1-18-6-2-3-7(10(16)9(15)5-12)8(4-6)11(17)14-13/h2-4,9-10,15-16H,13H2,1H3,(H,14,17). The number of hydrogen-bond acceptors (Lipinski definition) is 6. The van der Waals surface area contributed by atoms with E-state index in [4.69, 9.17) is 15.8 Å². The van der Waals surface area contributed by atoms with Gasteiger partial charge >= 0.3 is 0 Å². The first-order chi connectivity index (χ1) is 8.54. The van der Waals surface area contributed by atoms with E-state index in [0.29, 0.717) is 5.75 Å². The monoisotopic (exact) mass is 251 g/mol. The summed E-state index contributed by atoms with van der Waals surface area (Å²) in [5, 5.41) is 27.6. The molecule has 0 aliphatic rings. The number of benzene rings is 1.